The van der Waals surface area contributed by atoms with E-state index in [1.54, 1.807) is 0 Å². The zero-order chi connectivity index (χ0) is 22.8. The molecule has 0 unspecified atom stereocenters. The Morgan fingerprint density at radius 2 is 1.88 bits per heavy atom. The molecule has 2 aromatic heterocycles. The summed E-state index contributed by atoms with van der Waals surface area (Å²) in [6.07, 6.45) is 6.05. The van der Waals surface area contributed by atoms with E-state index in [1.165, 1.54) is 0 Å². The first kappa shape index (κ1) is 20.8. The van der Waals surface area contributed by atoms with E-state index in [2.05, 4.69) is 30.9 Å². The summed E-state index contributed by atoms with van der Waals surface area (Å²) in [6, 6.07) is 15.7. The maximum Gasteiger partial charge on any atom is 0.273 e. The van der Waals surface area contributed by atoms with Gasteiger partial charge in [-0.25, -0.2) is 4.68 Å². The largest absolute Gasteiger partial charge is 0.364 e. The summed E-state index contributed by atoms with van der Waals surface area (Å²) in [5.41, 5.74) is 14.2. The van der Waals surface area contributed by atoms with Crippen LogP contribution >= 0.6 is 0 Å². The molecule has 168 valence electrons. The van der Waals surface area contributed by atoms with Crippen molar-refractivity contribution in [3.8, 4) is 5.69 Å². The highest BCUT2D eigenvalue weighted by Gasteiger charge is 2.23. The first-order valence-corrected chi connectivity index (χ1v) is 11.0. The van der Waals surface area contributed by atoms with Crippen molar-refractivity contribution in [2.75, 3.05) is 10.6 Å². The second-order valence-corrected chi connectivity index (χ2v) is 8.20. The third-order valence-electron chi connectivity index (χ3n) is 5.84. The van der Waals surface area contributed by atoms with Crippen molar-refractivity contribution in [3.05, 3.63) is 60.4 Å². The minimum absolute atomic E-state index is 0.0261. The van der Waals surface area contributed by atoms with Gasteiger partial charge in [-0.3, -0.25) is 4.79 Å². The van der Waals surface area contributed by atoms with Crippen LogP contribution in [0.25, 0.3) is 16.6 Å². The SMILES string of the molecule is NC(=O)c1nnc(N[C@@H]2CCCC[C@@H]2N)nc1Nc1ccc2nn(-c3ccccc3)cc2c1. The van der Waals surface area contributed by atoms with Gasteiger partial charge in [0.25, 0.3) is 5.91 Å². The van der Waals surface area contributed by atoms with Crippen LogP contribution in [0, 0.1) is 0 Å². The summed E-state index contributed by atoms with van der Waals surface area (Å²) < 4.78 is 1.82. The highest BCUT2D eigenvalue weighted by molar-refractivity contribution is 5.96. The van der Waals surface area contributed by atoms with E-state index < -0.39 is 5.91 Å². The molecule has 5 rings (SSSR count). The number of nitrogens with zero attached hydrogens (tertiary/aromatic N) is 5. The number of nitrogens with one attached hydrogen (secondary N) is 2. The Kier molecular flexibility index (Phi) is 5.57. The highest BCUT2D eigenvalue weighted by Crippen LogP contribution is 2.25. The number of carbonyl (C=O) groups is 1. The van der Waals surface area contributed by atoms with Crippen molar-refractivity contribution in [2.24, 2.45) is 11.5 Å². The van der Waals surface area contributed by atoms with E-state index in [4.69, 9.17) is 11.5 Å². The maximum absolute atomic E-state index is 11.9. The number of fused-ring (bicyclic) bond motifs is 1. The van der Waals surface area contributed by atoms with Crippen molar-refractivity contribution in [1.82, 2.24) is 25.0 Å². The molecule has 0 radical (unpaired) electrons. The minimum atomic E-state index is -0.712. The molecule has 0 bridgehead atoms. The third kappa shape index (κ3) is 4.46. The van der Waals surface area contributed by atoms with Gasteiger partial charge < -0.3 is 22.1 Å². The number of hydrogen-bond donors (Lipinski definition) is 4. The van der Waals surface area contributed by atoms with Crippen molar-refractivity contribution >= 4 is 34.3 Å². The normalized spacial score (nSPS) is 18.2. The summed E-state index contributed by atoms with van der Waals surface area (Å²) in [4.78, 5) is 16.4. The Morgan fingerprint density at radius 1 is 1.06 bits per heavy atom. The highest BCUT2D eigenvalue weighted by atomic mass is 16.1. The summed E-state index contributed by atoms with van der Waals surface area (Å²) >= 11 is 0. The summed E-state index contributed by atoms with van der Waals surface area (Å²) in [5.74, 6) is -0.168. The Morgan fingerprint density at radius 3 is 2.67 bits per heavy atom. The second-order valence-electron chi connectivity index (χ2n) is 8.20. The zero-order valence-electron chi connectivity index (χ0n) is 18.0. The Balaban J connectivity index is 1.42. The Hall–Kier alpha value is -4.05. The molecule has 2 heterocycles. The van der Waals surface area contributed by atoms with E-state index in [-0.39, 0.29) is 23.6 Å². The van der Waals surface area contributed by atoms with Gasteiger partial charge in [0.05, 0.1) is 11.2 Å². The van der Waals surface area contributed by atoms with Crippen LogP contribution in [-0.2, 0) is 0 Å². The van der Waals surface area contributed by atoms with E-state index in [1.807, 2.05) is 59.4 Å². The Labute approximate surface area is 190 Å². The number of nitrogens with two attached hydrogens (primary N) is 2. The topological polar surface area (TPSA) is 150 Å². The van der Waals surface area contributed by atoms with Crippen LogP contribution in [0.3, 0.4) is 0 Å². The van der Waals surface area contributed by atoms with E-state index >= 15 is 0 Å². The number of rotatable bonds is 6. The van der Waals surface area contributed by atoms with Gasteiger partial charge >= 0.3 is 0 Å². The van der Waals surface area contributed by atoms with Crippen LogP contribution in [0.4, 0.5) is 17.5 Å². The van der Waals surface area contributed by atoms with Gasteiger partial charge in [0.1, 0.15) is 0 Å². The standard InChI is InChI=1S/C23H25N9O/c24-17-8-4-5-9-19(17)27-23-28-22(20(21(25)33)29-30-23)26-15-10-11-18-14(12-15)13-32(31-18)16-6-2-1-3-7-16/h1-3,6-7,10-13,17,19H,4-5,8-9,24H2,(H2,25,33)(H2,26,27,28,30)/t17-,19+/m0/s1. The molecule has 0 spiro atoms. The van der Waals surface area contributed by atoms with Crippen LogP contribution in [0.15, 0.2) is 54.7 Å². The van der Waals surface area contributed by atoms with Crippen LogP contribution in [0.1, 0.15) is 36.2 Å². The molecule has 1 fully saturated rings. The van der Waals surface area contributed by atoms with Crippen molar-refractivity contribution in [3.63, 3.8) is 0 Å². The molecule has 2 aromatic carbocycles. The first-order valence-electron chi connectivity index (χ1n) is 11.0. The molecule has 4 aromatic rings. The first-order chi connectivity index (χ1) is 16.1. The fourth-order valence-corrected chi connectivity index (χ4v) is 4.10. The van der Waals surface area contributed by atoms with Gasteiger partial charge in [-0.15, -0.1) is 10.2 Å². The molecule has 0 aliphatic heterocycles. The van der Waals surface area contributed by atoms with Crippen molar-refractivity contribution < 1.29 is 4.79 Å². The van der Waals surface area contributed by atoms with Crippen LogP contribution in [-0.4, -0.2) is 43.0 Å². The minimum Gasteiger partial charge on any atom is -0.364 e. The van der Waals surface area contributed by atoms with E-state index in [9.17, 15) is 4.79 Å². The molecule has 1 saturated carbocycles. The predicted molar refractivity (Wildman–Crippen MR) is 127 cm³/mol. The second kappa shape index (κ2) is 8.83. The lowest BCUT2D eigenvalue weighted by molar-refractivity contribution is 0.0995. The Bertz CT molecular complexity index is 1290. The third-order valence-corrected chi connectivity index (χ3v) is 5.84. The van der Waals surface area contributed by atoms with Gasteiger partial charge in [0.15, 0.2) is 11.5 Å². The smallest absolute Gasteiger partial charge is 0.273 e. The monoisotopic (exact) mass is 443 g/mol. The van der Waals surface area contributed by atoms with Gasteiger partial charge in [-0.2, -0.15) is 10.1 Å². The van der Waals surface area contributed by atoms with E-state index in [0.29, 0.717) is 5.95 Å². The molecular weight excluding hydrogens is 418 g/mol. The van der Waals surface area contributed by atoms with Gasteiger partial charge in [-0.1, -0.05) is 31.0 Å². The van der Waals surface area contributed by atoms with E-state index in [0.717, 1.165) is 48.0 Å². The molecule has 1 aliphatic carbocycles. The summed E-state index contributed by atoms with van der Waals surface area (Å²) in [6.45, 7) is 0. The number of para-hydroxylation sites is 1. The predicted octanol–water partition coefficient (Wildman–Crippen LogP) is 2.73. The molecule has 2 atom stereocenters. The zero-order valence-corrected chi connectivity index (χ0v) is 18.0. The fraction of sp³-hybridized carbons (Fsp3) is 0.261. The summed E-state index contributed by atoms with van der Waals surface area (Å²) in [5, 5.41) is 20.0. The number of aromatic nitrogens is 5. The number of hydrogen-bond acceptors (Lipinski definition) is 8. The lowest BCUT2D eigenvalue weighted by Gasteiger charge is -2.29. The van der Waals surface area contributed by atoms with Crippen LogP contribution in [0.5, 0.6) is 0 Å². The number of primary amides is 1. The molecule has 10 heteroatoms. The summed E-state index contributed by atoms with van der Waals surface area (Å²) in [7, 11) is 0. The lowest BCUT2D eigenvalue weighted by Crippen LogP contribution is -2.43. The molecule has 1 aliphatic rings. The number of benzene rings is 2. The number of anilines is 3. The van der Waals surface area contributed by atoms with Gasteiger partial charge in [0.2, 0.25) is 5.95 Å². The fourth-order valence-electron chi connectivity index (χ4n) is 4.10. The molecule has 10 nitrogen and oxygen atoms in total. The van der Waals surface area contributed by atoms with Crippen molar-refractivity contribution in [2.45, 2.75) is 37.8 Å². The van der Waals surface area contributed by atoms with Crippen molar-refractivity contribution in [1.29, 1.82) is 0 Å². The average molecular weight is 444 g/mol. The molecule has 0 saturated heterocycles. The molecular formula is C23H25N9O. The molecule has 33 heavy (non-hydrogen) atoms. The van der Waals surface area contributed by atoms with Crippen LogP contribution in [0.2, 0.25) is 0 Å². The van der Waals surface area contributed by atoms with Gasteiger partial charge in [0, 0.05) is 29.4 Å². The molecule has 1 amide bonds. The number of carbonyl (C=O) groups excluding carboxylic acids is 1. The van der Waals surface area contributed by atoms with Crippen LogP contribution < -0.4 is 22.1 Å². The van der Waals surface area contributed by atoms with Gasteiger partial charge in [-0.05, 0) is 43.2 Å². The quantitative estimate of drug-likeness (QED) is 0.355. The lowest BCUT2D eigenvalue weighted by atomic mass is 9.91. The molecule has 6 N–H and O–H groups in total. The average Bonchev–Trinajstić information content (AvgIpc) is 3.25. The number of amides is 1. The maximum atomic E-state index is 11.9.